The number of nitrogens with one attached hydrogen (secondary N) is 2. The summed E-state index contributed by atoms with van der Waals surface area (Å²) in [6.45, 7) is 7.82. The standard InChI is InChI=1S/C15H23N3O3S/c1-11-5-6-16-12(9-11)18-13(19)10-22-8-7-17-14(20)21-15(2,3)4/h5-6,9H,7-8,10H2,1-4H3,(H,17,20)(H,16,18,19). The fraction of sp³-hybridized carbons (Fsp3) is 0.533. The second kappa shape index (κ2) is 8.63. The van der Waals surface area contributed by atoms with E-state index in [1.807, 2.05) is 39.8 Å². The van der Waals surface area contributed by atoms with Crippen molar-refractivity contribution in [2.75, 3.05) is 23.4 Å². The molecule has 6 nitrogen and oxygen atoms in total. The maximum absolute atomic E-state index is 11.7. The van der Waals surface area contributed by atoms with Crippen LogP contribution in [0.1, 0.15) is 26.3 Å². The Morgan fingerprint density at radius 2 is 2.09 bits per heavy atom. The van der Waals surface area contributed by atoms with Crippen LogP contribution in [0.25, 0.3) is 0 Å². The fourth-order valence-electron chi connectivity index (χ4n) is 1.49. The molecule has 2 amide bonds. The number of hydrogen-bond acceptors (Lipinski definition) is 5. The molecule has 2 N–H and O–H groups in total. The Labute approximate surface area is 135 Å². The molecule has 1 aromatic rings. The van der Waals surface area contributed by atoms with E-state index in [9.17, 15) is 9.59 Å². The van der Waals surface area contributed by atoms with E-state index in [1.165, 1.54) is 11.8 Å². The quantitative estimate of drug-likeness (QED) is 0.786. The number of amides is 2. The normalized spacial score (nSPS) is 10.9. The third-order valence-corrected chi connectivity index (χ3v) is 3.29. The van der Waals surface area contributed by atoms with Gasteiger partial charge in [0.2, 0.25) is 5.91 Å². The number of hydrogen-bond donors (Lipinski definition) is 2. The SMILES string of the molecule is Cc1ccnc(NC(=O)CSCCNC(=O)OC(C)(C)C)c1. The number of nitrogens with zero attached hydrogens (tertiary/aromatic N) is 1. The lowest BCUT2D eigenvalue weighted by Gasteiger charge is -2.19. The Kier molecular flexibility index (Phi) is 7.17. The summed E-state index contributed by atoms with van der Waals surface area (Å²) < 4.78 is 5.11. The third kappa shape index (κ3) is 8.51. The summed E-state index contributed by atoms with van der Waals surface area (Å²) in [5.41, 5.74) is 0.539. The highest BCUT2D eigenvalue weighted by molar-refractivity contribution is 7.99. The highest BCUT2D eigenvalue weighted by Gasteiger charge is 2.15. The molecule has 0 aliphatic carbocycles. The van der Waals surface area contributed by atoms with Crippen LogP contribution in [0.4, 0.5) is 10.6 Å². The number of rotatable bonds is 6. The second-order valence-electron chi connectivity index (χ2n) is 5.75. The number of ether oxygens (including phenoxy) is 1. The molecule has 0 aromatic carbocycles. The number of anilines is 1. The van der Waals surface area contributed by atoms with Gasteiger partial charge < -0.3 is 15.4 Å². The van der Waals surface area contributed by atoms with Crippen LogP contribution < -0.4 is 10.6 Å². The molecular formula is C15H23N3O3S. The maximum atomic E-state index is 11.7. The molecule has 1 aromatic heterocycles. The van der Waals surface area contributed by atoms with E-state index in [0.717, 1.165) is 5.56 Å². The first-order valence-electron chi connectivity index (χ1n) is 7.03. The van der Waals surface area contributed by atoms with Gasteiger partial charge in [0.25, 0.3) is 0 Å². The van der Waals surface area contributed by atoms with Gasteiger partial charge in [-0.3, -0.25) is 4.79 Å². The van der Waals surface area contributed by atoms with Crippen molar-refractivity contribution in [3.05, 3.63) is 23.9 Å². The summed E-state index contributed by atoms with van der Waals surface area (Å²) in [4.78, 5) is 27.2. The Morgan fingerprint density at radius 3 is 2.73 bits per heavy atom. The van der Waals surface area contributed by atoms with Gasteiger partial charge in [-0.15, -0.1) is 0 Å². The van der Waals surface area contributed by atoms with Crippen LogP contribution >= 0.6 is 11.8 Å². The minimum Gasteiger partial charge on any atom is -0.444 e. The molecule has 7 heteroatoms. The van der Waals surface area contributed by atoms with Gasteiger partial charge in [0.15, 0.2) is 0 Å². The number of aromatic nitrogens is 1. The molecule has 0 aliphatic heterocycles. The zero-order valence-corrected chi connectivity index (χ0v) is 14.3. The number of aryl methyl sites for hydroxylation is 1. The van der Waals surface area contributed by atoms with E-state index in [4.69, 9.17) is 4.74 Å². The first-order valence-corrected chi connectivity index (χ1v) is 8.19. The molecule has 0 saturated carbocycles. The Bertz CT molecular complexity index is 515. The summed E-state index contributed by atoms with van der Waals surface area (Å²) in [6, 6.07) is 3.68. The van der Waals surface area contributed by atoms with Crippen LogP contribution in [0.5, 0.6) is 0 Å². The first kappa shape index (κ1) is 18.3. The molecule has 22 heavy (non-hydrogen) atoms. The Hall–Kier alpha value is -1.76. The van der Waals surface area contributed by atoms with Crippen molar-refractivity contribution in [1.29, 1.82) is 0 Å². The van der Waals surface area contributed by atoms with Crippen molar-refractivity contribution < 1.29 is 14.3 Å². The smallest absolute Gasteiger partial charge is 0.407 e. The van der Waals surface area contributed by atoms with Crippen LogP contribution in [0, 0.1) is 6.92 Å². The van der Waals surface area contributed by atoms with Gasteiger partial charge in [0.1, 0.15) is 11.4 Å². The van der Waals surface area contributed by atoms with Crippen LogP contribution in [-0.4, -0.2) is 40.6 Å². The number of thioether (sulfide) groups is 1. The van der Waals surface area contributed by atoms with E-state index in [0.29, 0.717) is 23.9 Å². The van der Waals surface area contributed by atoms with Crippen molar-refractivity contribution in [2.24, 2.45) is 0 Å². The number of carbonyl (C=O) groups is 2. The Balaban J connectivity index is 2.14. The lowest BCUT2D eigenvalue weighted by Crippen LogP contribution is -2.33. The summed E-state index contributed by atoms with van der Waals surface area (Å²) in [5.74, 6) is 1.39. The zero-order chi connectivity index (χ0) is 16.6. The molecule has 0 saturated heterocycles. The van der Waals surface area contributed by atoms with E-state index >= 15 is 0 Å². The van der Waals surface area contributed by atoms with Crippen LogP contribution in [-0.2, 0) is 9.53 Å². The monoisotopic (exact) mass is 325 g/mol. The van der Waals surface area contributed by atoms with Gasteiger partial charge >= 0.3 is 6.09 Å². The van der Waals surface area contributed by atoms with Crippen molar-refractivity contribution in [2.45, 2.75) is 33.3 Å². The molecular weight excluding hydrogens is 302 g/mol. The van der Waals surface area contributed by atoms with Gasteiger partial charge in [-0.2, -0.15) is 11.8 Å². The highest BCUT2D eigenvalue weighted by atomic mass is 32.2. The largest absolute Gasteiger partial charge is 0.444 e. The topological polar surface area (TPSA) is 80.3 Å². The number of pyridine rings is 1. The number of alkyl carbamates (subject to hydrolysis) is 1. The van der Waals surface area contributed by atoms with E-state index in [-0.39, 0.29) is 5.91 Å². The second-order valence-corrected chi connectivity index (χ2v) is 6.85. The van der Waals surface area contributed by atoms with E-state index in [1.54, 1.807) is 6.20 Å². The molecule has 0 bridgehead atoms. The minimum atomic E-state index is -0.502. The molecule has 0 unspecified atom stereocenters. The predicted octanol–water partition coefficient (Wildman–Crippen LogP) is 2.59. The van der Waals surface area contributed by atoms with Crippen LogP contribution in [0.2, 0.25) is 0 Å². The summed E-state index contributed by atoms with van der Waals surface area (Å²) >= 11 is 1.43. The molecule has 0 fully saturated rings. The minimum absolute atomic E-state index is 0.111. The van der Waals surface area contributed by atoms with E-state index < -0.39 is 11.7 Å². The third-order valence-electron chi connectivity index (χ3n) is 2.33. The maximum Gasteiger partial charge on any atom is 0.407 e. The van der Waals surface area contributed by atoms with Crippen LogP contribution in [0.3, 0.4) is 0 Å². The molecule has 1 rings (SSSR count). The fourth-order valence-corrected chi connectivity index (χ4v) is 2.14. The van der Waals surface area contributed by atoms with Crippen molar-refractivity contribution >= 4 is 29.6 Å². The van der Waals surface area contributed by atoms with Crippen molar-refractivity contribution in [1.82, 2.24) is 10.3 Å². The average molecular weight is 325 g/mol. The van der Waals surface area contributed by atoms with Gasteiger partial charge in [-0.05, 0) is 45.4 Å². The average Bonchev–Trinajstić information content (AvgIpc) is 2.36. The number of carbonyl (C=O) groups excluding carboxylic acids is 2. The summed E-state index contributed by atoms with van der Waals surface area (Å²) in [5, 5.41) is 5.37. The molecule has 0 spiro atoms. The van der Waals surface area contributed by atoms with Crippen molar-refractivity contribution in [3.8, 4) is 0 Å². The van der Waals surface area contributed by atoms with Crippen LogP contribution in [0.15, 0.2) is 18.3 Å². The molecule has 1 heterocycles. The zero-order valence-electron chi connectivity index (χ0n) is 13.4. The lowest BCUT2D eigenvalue weighted by molar-refractivity contribution is -0.113. The summed E-state index contributed by atoms with van der Waals surface area (Å²) in [7, 11) is 0. The summed E-state index contributed by atoms with van der Waals surface area (Å²) in [6.07, 6.45) is 1.21. The van der Waals surface area contributed by atoms with Gasteiger partial charge in [0, 0.05) is 18.5 Å². The molecule has 0 radical (unpaired) electrons. The predicted molar refractivity (Wildman–Crippen MR) is 89.2 cm³/mol. The molecule has 0 atom stereocenters. The van der Waals surface area contributed by atoms with Gasteiger partial charge in [0.05, 0.1) is 5.75 Å². The van der Waals surface area contributed by atoms with Gasteiger partial charge in [-0.1, -0.05) is 0 Å². The van der Waals surface area contributed by atoms with E-state index in [2.05, 4.69) is 15.6 Å². The lowest BCUT2D eigenvalue weighted by atomic mass is 10.2. The van der Waals surface area contributed by atoms with Crippen molar-refractivity contribution in [3.63, 3.8) is 0 Å². The highest BCUT2D eigenvalue weighted by Crippen LogP contribution is 2.08. The molecule has 122 valence electrons. The first-order chi connectivity index (χ1) is 10.3. The van der Waals surface area contributed by atoms with Gasteiger partial charge in [-0.25, -0.2) is 9.78 Å². The molecule has 0 aliphatic rings. The Morgan fingerprint density at radius 1 is 1.36 bits per heavy atom.